The van der Waals surface area contributed by atoms with Gasteiger partial charge in [0, 0.05) is 32.7 Å². The zero-order valence-corrected chi connectivity index (χ0v) is 17.7. The maximum absolute atomic E-state index is 13.0. The summed E-state index contributed by atoms with van der Waals surface area (Å²) < 4.78 is 40.2. The Hall–Kier alpha value is -2.55. The van der Waals surface area contributed by atoms with Gasteiger partial charge in [-0.2, -0.15) is 4.72 Å². The second-order valence-corrected chi connectivity index (χ2v) is 8.95. The SMILES string of the molecule is C[C@@H](NS(=O)(=O)c1ccc(F)cc1)C(=O)N1CCN(C/C=C/c2ccccc2)CC1. The maximum Gasteiger partial charge on any atom is 0.241 e. The van der Waals surface area contributed by atoms with Gasteiger partial charge in [-0.25, -0.2) is 12.8 Å². The maximum atomic E-state index is 13.0. The van der Waals surface area contributed by atoms with Crippen LogP contribution in [0.2, 0.25) is 0 Å². The van der Waals surface area contributed by atoms with Gasteiger partial charge in [-0.05, 0) is 36.8 Å². The molecule has 1 aliphatic rings. The van der Waals surface area contributed by atoms with E-state index >= 15 is 0 Å². The Labute approximate surface area is 177 Å². The number of hydrogen-bond acceptors (Lipinski definition) is 4. The fraction of sp³-hybridized carbons (Fsp3) is 0.318. The Morgan fingerprint density at radius 1 is 1.07 bits per heavy atom. The van der Waals surface area contributed by atoms with Gasteiger partial charge in [0.25, 0.3) is 0 Å². The Bertz CT molecular complexity index is 970. The Kier molecular flexibility index (Phi) is 7.36. The molecule has 8 heteroatoms. The van der Waals surface area contributed by atoms with Crippen molar-refractivity contribution < 1.29 is 17.6 Å². The van der Waals surface area contributed by atoms with Crippen LogP contribution in [0.25, 0.3) is 6.08 Å². The summed E-state index contributed by atoms with van der Waals surface area (Å²) in [5.74, 6) is -0.783. The third-order valence-corrected chi connectivity index (χ3v) is 6.54. The van der Waals surface area contributed by atoms with Crippen LogP contribution in [-0.4, -0.2) is 62.9 Å². The number of benzene rings is 2. The number of carbonyl (C=O) groups excluding carboxylic acids is 1. The third-order valence-electron chi connectivity index (χ3n) is 4.98. The average molecular weight is 432 g/mol. The highest BCUT2D eigenvalue weighted by Crippen LogP contribution is 2.12. The van der Waals surface area contributed by atoms with Gasteiger partial charge in [0.2, 0.25) is 15.9 Å². The highest BCUT2D eigenvalue weighted by atomic mass is 32.2. The lowest BCUT2D eigenvalue weighted by Crippen LogP contribution is -2.54. The molecule has 1 N–H and O–H groups in total. The van der Waals surface area contributed by atoms with Crippen molar-refractivity contribution in [2.75, 3.05) is 32.7 Å². The van der Waals surface area contributed by atoms with Crippen molar-refractivity contribution in [2.45, 2.75) is 17.9 Å². The first kappa shape index (κ1) is 22.1. The topological polar surface area (TPSA) is 69.7 Å². The summed E-state index contributed by atoms with van der Waals surface area (Å²) in [4.78, 5) is 16.5. The van der Waals surface area contributed by atoms with E-state index < -0.39 is 21.9 Å². The summed E-state index contributed by atoms with van der Waals surface area (Å²) in [5, 5.41) is 0. The fourth-order valence-electron chi connectivity index (χ4n) is 3.29. The standard InChI is InChI=1S/C22H26FN3O3S/c1-18(24-30(28,29)21-11-9-20(23)10-12-21)22(27)26-16-14-25(15-17-26)13-5-8-19-6-3-2-4-7-19/h2-12,18,24H,13-17H2,1H3/b8-5+/t18-/m1/s1. The zero-order valence-electron chi connectivity index (χ0n) is 16.9. The van der Waals surface area contributed by atoms with E-state index in [1.54, 1.807) is 4.90 Å². The molecule has 0 aliphatic carbocycles. The van der Waals surface area contributed by atoms with E-state index in [1.807, 2.05) is 30.3 Å². The van der Waals surface area contributed by atoms with Gasteiger partial charge in [-0.15, -0.1) is 0 Å². The molecule has 3 rings (SSSR count). The number of hydrogen-bond donors (Lipinski definition) is 1. The molecule has 30 heavy (non-hydrogen) atoms. The van der Waals surface area contributed by atoms with Crippen molar-refractivity contribution >= 4 is 22.0 Å². The highest BCUT2D eigenvalue weighted by molar-refractivity contribution is 7.89. The number of sulfonamides is 1. The van der Waals surface area contributed by atoms with Crippen molar-refractivity contribution in [3.63, 3.8) is 0 Å². The van der Waals surface area contributed by atoms with Crippen LogP contribution in [0.4, 0.5) is 4.39 Å². The lowest BCUT2D eigenvalue weighted by atomic mass is 10.2. The number of piperazine rings is 1. The number of rotatable bonds is 7. The summed E-state index contributed by atoms with van der Waals surface area (Å²) >= 11 is 0. The molecule has 0 spiro atoms. The van der Waals surface area contributed by atoms with Gasteiger partial charge >= 0.3 is 0 Å². The van der Waals surface area contributed by atoms with Gasteiger partial charge in [0.1, 0.15) is 5.82 Å². The first-order valence-corrected chi connectivity index (χ1v) is 11.3. The molecule has 0 bridgehead atoms. The summed E-state index contributed by atoms with van der Waals surface area (Å²) in [6.45, 7) is 4.86. The predicted octanol–water partition coefficient (Wildman–Crippen LogP) is 2.35. The van der Waals surface area contributed by atoms with E-state index in [9.17, 15) is 17.6 Å². The smallest absolute Gasteiger partial charge is 0.241 e. The van der Waals surface area contributed by atoms with Gasteiger partial charge in [-0.3, -0.25) is 9.69 Å². The average Bonchev–Trinajstić information content (AvgIpc) is 2.74. The van der Waals surface area contributed by atoms with E-state index in [4.69, 9.17) is 0 Å². The van der Waals surface area contributed by atoms with E-state index in [2.05, 4.69) is 21.8 Å². The monoisotopic (exact) mass is 431 g/mol. The molecule has 0 saturated carbocycles. The quantitative estimate of drug-likeness (QED) is 0.731. The first-order valence-electron chi connectivity index (χ1n) is 9.86. The van der Waals surface area contributed by atoms with Crippen LogP contribution in [0, 0.1) is 5.82 Å². The molecule has 1 heterocycles. The zero-order chi connectivity index (χ0) is 21.6. The number of nitrogens with zero attached hydrogens (tertiary/aromatic N) is 2. The molecule has 1 saturated heterocycles. The van der Waals surface area contributed by atoms with E-state index in [0.717, 1.165) is 37.3 Å². The molecule has 6 nitrogen and oxygen atoms in total. The largest absolute Gasteiger partial charge is 0.339 e. The van der Waals surface area contributed by atoms with Crippen LogP contribution in [-0.2, 0) is 14.8 Å². The van der Waals surface area contributed by atoms with Crippen molar-refractivity contribution in [3.8, 4) is 0 Å². The van der Waals surface area contributed by atoms with E-state index in [-0.39, 0.29) is 10.8 Å². The molecule has 0 aromatic heterocycles. The van der Waals surface area contributed by atoms with Crippen LogP contribution >= 0.6 is 0 Å². The van der Waals surface area contributed by atoms with Gasteiger partial charge < -0.3 is 4.90 Å². The minimum absolute atomic E-state index is 0.0708. The Balaban J connectivity index is 1.48. The molecule has 0 radical (unpaired) electrons. The van der Waals surface area contributed by atoms with Crippen LogP contribution in [0.3, 0.4) is 0 Å². The van der Waals surface area contributed by atoms with Crippen LogP contribution in [0.15, 0.2) is 65.6 Å². The van der Waals surface area contributed by atoms with Gasteiger partial charge in [0.15, 0.2) is 0 Å². The summed E-state index contributed by atoms with van der Waals surface area (Å²) in [5.41, 5.74) is 1.15. The molecular weight excluding hydrogens is 405 g/mol. The molecule has 1 aliphatic heterocycles. The summed E-state index contributed by atoms with van der Waals surface area (Å²) in [7, 11) is -3.89. The van der Waals surface area contributed by atoms with Crippen molar-refractivity contribution in [1.29, 1.82) is 0 Å². The van der Waals surface area contributed by atoms with Gasteiger partial charge in [0.05, 0.1) is 10.9 Å². The molecule has 0 unspecified atom stereocenters. The van der Waals surface area contributed by atoms with Crippen molar-refractivity contribution in [3.05, 3.63) is 72.1 Å². The Morgan fingerprint density at radius 3 is 2.33 bits per heavy atom. The van der Waals surface area contributed by atoms with Crippen LogP contribution in [0.5, 0.6) is 0 Å². The van der Waals surface area contributed by atoms with Crippen molar-refractivity contribution in [2.24, 2.45) is 0 Å². The van der Waals surface area contributed by atoms with Crippen molar-refractivity contribution in [1.82, 2.24) is 14.5 Å². The number of amides is 1. The molecule has 1 fully saturated rings. The third kappa shape index (κ3) is 5.98. The van der Waals surface area contributed by atoms with E-state index in [0.29, 0.717) is 13.1 Å². The molecular formula is C22H26FN3O3S. The molecule has 1 amide bonds. The molecule has 2 aromatic rings. The lowest BCUT2D eigenvalue weighted by Gasteiger charge is -2.35. The highest BCUT2D eigenvalue weighted by Gasteiger charge is 2.28. The number of carbonyl (C=O) groups is 1. The van der Waals surface area contributed by atoms with Gasteiger partial charge in [-0.1, -0.05) is 42.5 Å². The fourth-order valence-corrected chi connectivity index (χ4v) is 4.49. The summed E-state index contributed by atoms with van der Waals surface area (Å²) in [6.07, 6.45) is 4.18. The summed E-state index contributed by atoms with van der Waals surface area (Å²) in [6, 6.07) is 13.7. The van der Waals surface area contributed by atoms with Crippen LogP contribution in [0.1, 0.15) is 12.5 Å². The minimum atomic E-state index is -3.89. The Morgan fingerprint density at radius 2 is 1.70 bits per heavy atom. The normalized spacial score (nSPS) is 16.7. The molecule has 2 aromatic carbocycles. The second-order valence-electron chi connectivity index (χ2n) is 7.24. The number of halogens is 1. The van der Waals surface area contributed by atoms with Crippen LogP contribution < -0.4 is 4.72 Å². The second kappa shape index (κ2) is 9.97. The predicted molar refractivity (Wildman–Crippen MR) is 115 cm³/mol. The first-order chi connectivity index (χ1) is 14.3. The van der Waals surface area contributed by atoms with E-state index in [1.165, 1.54) is 19.1 Å². The lowest BCUT2D eigenvalue weighted by molar-refractivity contribution is -0.134. The molecule has 1 atom stereocenters. The molecule has 160 valence electrons. The minimum Gasteiger partial charge on any atom is -0.339 e. The number of nitrogens with one attached hydrogen (secondary N) is 1.